The fourth-order valence-corrected chi connectivity index (χ4v) is 1.82. The zero-order valence-electron chi connectivity index (χ0n) is 14.0. The summed E-state index contributed by atoms with van der Waals surface area (Å²) in [4.78, 5) is 36.0. The van der Waals surface area contributed by atoms with Crippen LogP contribution in [0.2, 0.25) is 0 Å². The van der Waals surface area contributed by atoms with Crippen LogP contribution in [-0.4, -0.2) is 37.6 Å². The van der Waals surface area contributed by atoms with Crippen LogP contribution in [0.1, 0.15) is 47.0 Å². The monoisotopic (exact) mass is 340 g/mol. The molecule has 0 radical (unpaired) electrons. The van der Waals surface area contributed by atoms with Crippen LogP contribution in [0.3, 0.4) is 0 Å². The second-order valence-corrected chi connectivity index (χ2v) is 6.16. The molecule has 0 aliphatic carbocycles. The molecule has 5 nitrogen and oxygen atoms in total. The van der Waals surface area contributed by atoms with E-state index in [-0.39, 0.29) is 12.8 Å². The van der Waals surface area contributed by atoms with E-state index in [0.717, 1.165) is 0 Å². The maximum atomic E-state index is 12.4. The number of carbonyl (C=O) groups is 3. The van der Waals surface area contributed by atoms with Crippen molar-refractivity contribution >= 4 is 17.7 Å². The molecule has 0 aromatic carbocycles. The van der Waals surface area contributed by atoms with Crippen molar-refractivity contribution < 1.29 is 37.0 Å². The van der Waals surface area contributed by atoms with Gasteiger partial charge in [0, 0.05) is 6.42 Å². The van der Waals surface area contributed by atoms with Crippen LogP contribution in [-0.2, 0) is 23.9 Å². The van der Waals surface area contributed by atoms with Gasteiger partial charge in [-0.2, -0.15) is 13.2 Å². The van der Waals surface area contributed by atoms with Gasteiger partial charge in [-0.15, -0.1) is 0 Å². The first-order valence-electron chi connectivity index (χ1n) is 7.16. The molecule has 0 saturated heterocycles. The molecule has 134 valence electrons. The molecule has 0 aliphatic heterocycles. The molecule has 0 bridgehead atoms. The molecule has 0 amide bonds. The summed E-state index contributed by atoms with van der Waals surface area (Å²) in [5.74, 6) is -2.21. The van der Waals surface area contributed by atoms with Gasteiger partial charge in [0.15, 0.2) is 5.78 Å². The zero-order valence-corrected chi connectivity index (χ0v) is 14.0. The molecule has 0 aromatic rings. The quantitative estimate of drug-likeness (QED) is 0.502. The number of hydrogen-bond donors (Lipinski definition) is 0. The normalized spacial score (nSPS) is 14.8. The summed E-state index contributed by atoms with van der Waals surface area (Å²) in [6, 6.07) is 0. The Morgan fingerprint density at radius 1 is 1.00 bits per heavy atom. The van der Waals surface area contributed by atoms with Crippen molar-refractivity contribution in [2.24, 2.45) is 10.8 Å². The lowest BCUT2D eigenvalue weighted by Crippen LogP contribution is -2.41. The summed E-state index contributed by atoms with van der Waals surface area (Å²) < 4.78 is 45.4. The highest BCUT2D eigenvalue weighted by Crippen LogP contribution is 2.33. The second kappa shape index (κ2) is 7.79. The lowest BCUT2D eigenvalue weighted by Gasteiger charge is -2.28. The Balaban J connectivity index is 4.96. The Hall–Kier alpha value is -1.60. The third kappa shape index (κ3) is 6.19. The van der Waals surface area contributed by atoms with Gasteiger partial charge < -0.3 is 9.47 Å². The number of halogens is 3. The van der Waals surface area contributed by atoms with Gasteiger partial charge in [-0.1, -0.05) is 6.92 Å². The Morgan fingerprint density at radius 3 is 1.91 bits per heavy atom. The number of esters is 2. The first kappa shape index (κ1) is 21.4. The lowest BCUT2D eigenvalue weighted by molar-refractivity contribution is -0.170. The van der Waals surface area contributed by atoms with Crippen LogP contribution in [0.4, 0.5) is 13.2 Å². The van der Waals surface area contributed by atoms with Crippen LogP contribution in [0.15, 0.2) is 0 Å². The summed E-state index contributed by atoms with van der Waals surface area (Å²) >= 11 is 0. The van der Waals surface area contributed by atoms with E-state index < -0.39 is 47.8 Å². The summed E-state index contributed by atoms with van der Waals surface area (Å²) in [7, 11) is 1.18. The smallest absolute Gasteiger partial charge is 0.392 e. The Bertz CT molecular complexity index is 457. The molecule has 0 aliphatic rings. The fourth-order valence-electron chi connectivity index (χ4n) is 1.82. The summed E-state index contributed by atoms with van der Waals surface area (Å²) in [5.41, 5.74) is -2.74. The van der Waals surface area contributed by atoms with E-state index in [1.165, 1.54) is 27.9 Å². The Kier molecular flexibility index (Phi) is 7.25. The van der Waals surface area contributed by atoms with E-state index in [1.54, 1.807) is 6.92 Å². The zero-order chi connectivity index (χ0) is 18.5. The standard InChI is InChI=1S/C15H23F3O5/c1-6-14(4,12(21)23-8-7-15(16,17)18)10(19)9-13(2,3)11(20)22-5/h6-9H2,1-5H3. The number of alkyl halides is 3. The van der Waals surface area contributed by atoms with Crippen molar-refractivity contribution in [3.63, 3.8) is 0 Å². The molecule has 0 fully saturated rings. The minimum absolute atomic E-state index is 0.0495. The molecule has 0 N–H and O–H groups in total. The van der Waals surface area contributed by atoms with E-state index >= 15 is 0 Å². The van der Waals surface area contributed by atoms with E-state index in [0.29, 0.717) is 0 Å². The average Bonchev–Trinajstić information content (AvgIpc) is 2.43. The number of carbonyl (C=O) groups excluding carboxylic acids is 3. The van der Waals surface area contributed by atoms with Crippen molar-refractivity contribution in [1.29, 1.82) is 0 Å². The Morgan fingerprint density at radius 2 is 1.52 bits per heavy atom. The van der Waals surface area contributed by atoms with Gasteiger partial charge in [-0.05, 0) is 27.2 Å². The first-order valence-corrected chi connectivity index (χ1v) is 7.16. The predicted octanol–water partition coefficient (Wildman–Crippen LogP) is 3.06. The molecule has 1 unspecified atom stereocenters. The predicted molar refractivity (Wildman–Crippen MR) is 75.5 cm³/mol. The molecule has 23 heavy (non-hydrogen) atoms. The van der Waals surface area contributed by atoms with Gasteiger partial charge in [0.25, 0.3) is 0 Å². The molecular formula is C15H23F3O5. The molecule has 0 rings (SSSR count). The maximum absolute atomic E-state index is 12.4. The van der Waals surface area contributed by atoms with Crippen LogP contribution < -0.4 is 0 Å². The minimum atomic E-state index is -4.44. The summed E-state index contributed by atoms with van der Waals surface area (Å²) in [6.45, 7) is 4.99. The molecule has 0 heterocycles. The highest BCUT2D eigenvalue weighted by atomic mass is 19.4. The minimum Gasteiger partial charge on any atom is -0.469 e. The van der Waals surface area contributed by atoms with Gasteiger partial charge >= 0.3 is 18.1 Å². The van der Waals surface area contributed by atoms with Crippen molar-refractivity contribution in [3.8, 4) is 0 Å². The molecule has 0 saturated carbocycles. The van der Waals surface area contributed by atoms with E-state index in [2.05, 4.69) is 9.47 Å². The topological polar surface area (TPSA) is 69.7 Å². The second-order valence-electron chi connectivity index (χ2n) is 6.16. The van der Waals surface area contributed by atoms with Crippen molar-refractivity contribution in [2.75, 3.05) is 13.7 Å². The highest BCUT2D eigenvalue weighted by Gasteiger charge is 2.45. The van der Waals surface area contributed by atoms with Crippen molar-refractivity contribution in [1.82, 2.24) is 0 Å². The number of rotatable bonds is 8. The van der Waals surface area contributed by atoms with E-state index in [9.17, 15) is 27.6 Å². The average molecular weight is 340 g/mol. The number of hydrogen-bond acceptors (Lipinski definition) is 5. The maximum Gasteiger partial charge on any atom is 0.392 e. The third-order valence-electron chi connectivity index (χ3n) is 3.73. The van der Waals surface area contributed by atoms with Gasteiger partial charge in [0.2, 0.25) is 0 Å². The largest absolute Gasteiger partial charge is 0.469 e. The van der Waals surface area contributed by atoms with Crippen LogP contribution in [0.25, 0.3) is 0 Å². The lowest BCUT2D eigenvalue weighted by atomic mass is 9.75. The molecule has 0 aromatic heterocycles. The summed E-state index contributed by atoms with van der Waals surface area (Å²) in [6.07, 6.45) is -5.95. The van der Waals surface area contributed by atoms with Gasteiger partial charge in [-0.25, -0.2) is 0 Å². The Labute approximate surface area is 133 Å². The van der Waals surface area contributed by atoms with Crippen LogP contribution in [0, 0.1) is 10.8 Å². The number of Topliss-reactive ketones (excluding diaryl/α,β-unsaturated/α-hetero) is 1. The number of methoxy groups -OCH3 is 1. The number of ketones is 1. The first-order chi connectivity index (χ1) is 10.3. The van der Waals surface area contributed by atoms with Gasteiger partial charge in [-0.3, -0.25) is 14.4 Å². The molecule has 1 atom stereocenters. The molecular weight excluding hydrogens is 317 g/mol. The number of ether oxygens (including phenoxy) is 2. The van der Waals surface area contributed by atoms with Crippen LogP contribution >= 0.6 is 0 Å². The van der Waals surface area contributed by atoms with E-state index in [1.807, 2.05) is 0 Å². The summed E-state index contributed by atoms with van der Waals surface area (Å²) in [5, 5.41) is 0. The van der Waals surface area contributed by atoms with E-state index in [4.69, 9.17) is 0 Å². The van der Waals surface area contributed by atoms with Gasteiger partial charge in [0.05, 0.1) is 25.6 Å². The van der Waals surface area contributed by atoms with Gasteiger partial charge in [0.1, 0.15) is 5.41 Å². The SMILES string of the molecule is CCC(C)(C(=O)CC(C)(C)C(=O)OC)C(=O)OCCC(F)(F)F. The van der Waals surface area contributed by atoms with Crippen LogP contribution in [0.5, 0.6) is 0 Å². The van der Waals surface area contributed by atoms with Crippen molar-refractivity contribution in [2.45, 2.75) is 53.1 Å². The fraction of sp³-hybridized carbons (Fsp3) is 0.800. The molecule has 8 heteroatoms. The highest BCUT2D eigenvalue weighted by molar-refractivity contribution is 6.04. The third-order valence-corrected chi connectivity index (χ3v) is 3.73. The van der Waals surface area contributed by atoms with Crippen molar-refractivity contribution in [3.05, 3.63) is 0 Å². The molecule has 0 spiro atoms.